The Bertz CT molecular complexity index is 557. The van der Waals surface area contributed by atoms with Crippen LogP contribution in [0.3, 0.4) is 0 Å². The van der Waals surface area contributed by atoms with Crippen molar-refractivity contribution in [3.63, 3.8) is 0 Å². The van der Waals surface area contributed by atoms with Gasteiger partial charge in [0.25, 0.3) is 0 Å². The standard InChI is InChI=1S/C12H12FN3S/c1-7-3-4-9(5-8(7)2)17-11-10(13)6-15-12(14)16-11/h3-6H,1-2H3,(H2,14,15,16). The molecule has 0 saturated carbocycles. The van der Waals surface area contributed by atoms with E-state index in [0.717, 1.165) is 16.7 Å². The Morgan fingerprint density at radius 3 is 2.71 bits per heavy atom. The predicted molar refractivity (Wildman–Crippen MR) is 66.4 cm³/mol. The number of nitrogens with zero attached hydrogens (tertiary/aromatic N) is 2. The van der Waals surface area contributed by atoms with Crippen molar-refractivity contribution in [2.24, 2.45) is 0 Å². The molecule has 0 aliphatic carbocycles. The fraction of sp³-hybridized carbons (Fsp3) is 0.167. The number of aromatic nitrogens is 2. The van der Waals surface area contributed by atoms with E-state index in [4.69, 9.17) is 5.73 Å². The van der Waals surface area contributed by atoms with Crippen molar-refractivity contribution in [2.75, 3.05) is 5.73 Å². The van der Waals surface area contributed by atoms with E-state index < -0.39 is 5.82 Å². The summed E-state index contributed by atoms with van der Waals surface area (Å²) in [6.45, 7) is 4.05. The molecule has 17 heavy (non-hydrogen) atoms. The summed E-state index contributed by atoms with van der Waals surface area (Å²) in [4.78, 5) is 8.40. The van der Waals surface area contributed by atoms with Crippen molar-refractivity contribution < 1.29 is 4.39 Å². The highest BCUT2D eigenvalue weighted by molar-refractivity contribution is 7.99. The molecule has 2 N–H and O–H groups in total. The third kappa shape index (κ3) is 2.74. The third-order valence-corrected chi connectivity index (χ3v) is 3.39. The Morgan fingerprint density at radius 1 is 1.24 bits per heavy atom. The Labute approximate surface area is 103 Å². The van der Waals surface area contributed by atoms with Gasteiger partial charge in [-0.15, -0.1) is 0 Å². The van der Waals surface area contributed by atoms with E-state index in [0.29, 0.717) is 0 Å². The van der Waals surface area contributed by atoms with Crippen molar-refractivity contribution in [3.8, 4) is 0 Å². The van der Waals surface area contributed by atoms with E-state index >= 15 is 0 Å². The van der Waals surface area contributed by atoms with Gasteiger partial charge in [0, 0.05) is 4.90 Å². The Hall–Kier alpha value is -1.62. The third-order valence-electron chi connectivity index (χ3n) is 2.42. The second-order valence-corrected chi connectivity index (χ2v) is 4.79. The van der Waals surface area contributed by atoms with Crippen LogP contribution >= 0.6 is 11.8 Å². The zero-order chi connectivity index (χ0) is 12.4. The minimum Gasteiger partial charge on any atom is -0.368 e. The van der Waals surface area contributed by atoms with Crippen LogP contribution < -0.4 is 5.73 Å². The quantitative estimate of drug-likeness (QED) is 0.831. The molecule has 1 aromatic heterocycles. The molecule has 1 heterocycles. The summed E-state index contributed by atoms with van der Waals surface area (Å²) in [7, 11) is 0. The van der Waals surface area contributed by atoms with Crippen molar-refractivity contribution in [3.05, 3.63) is 41.3 Å². The number of nitrogens with two attached hydrogens (primary N) is 1. The number of nitrogen functional groups attached to an aromatic ring is 1. The average molecular weight is 249 g/mol. The topological polar surface area (TPSA) is 51.8 Å². The van der Waals surface area contributed by atoms with E-state index in [1.165, 1.54) is 17.3 Å². The lowest BCUT2D eigenvalue weighted by atomic mass is 10.1. The van der Waals surface area contributed by atoms with Crippen LogP contribution in [0.25, 0.3) is 0 Å². The molecule has 2 rings (SSSR count). The number of benzene rings is 1. The van der Waals surface area contributed by atoms with Crippen LogP contribution in [0.4, 0.5) is 10.3 Å². The lowest BCUT2D eigenvalue weighted by molar-refractivity contribution is 0.580. The molecular weight excluding hydrogens is 237 g/mol. The molecule has 0 aliphatic heterocycles. The highest BCUT2D eigenvalue weighted by atomic mass is 32.2. The van der Waals surface area contributed by atoms with Crippen LogP contribution in [0.2, 0.25) is 0 Å². The molecule has 0 amide bonds. The molecule has 1 aromatic carbocycles. The summed E-state index contributed by atoms with van der Waals surface area (Å²) in [5.41, 5.74) is 7.80. The van der Waals surface area contributed by atoms with Crippen LogP contribution in [0, 0.1) is 19.7 Å². The fourth-order valence-corrected chi connectivity index (χ4v) is 2.21. The van der Waals surface area contributed by atoms with Crippen LogP contribution in [0.5, 0.6) is 0 Å². The molecular formula is C12H12FN3S. The van der Waals surface area contributed by atoms with Crippen molar-refractivity contribution in [2.45, 2.75) is 23.8 Å². The van der Waals surface area contributed by atoms with Gasteiger partial charge in [-0.2, -0.15) is 0 Å². The summed E-state index contributed by atoms with van der Waals surface area (Å²) in [5, 5.41) is 0.251. The summed E-state index contributed by atoms with van der Waals surface area (Å²) in [5.74, 6) is -0.375. The number of hydrogen-bond acceptors (Lipinski definition) is 4. The van der Waals surface area contributed by atoms with Gasteiger partial charge < -0.3 is 5.73 Å². The van der Waals surface area contributed by atoms with Gasteiger partial charge in [-0.1, -0.05) is 17.8 Å². The minimum absolute atomic E-state index is 0.0812. The molecule has 0 spiro atoms. The monoisotopic (exact) mass is 249 g/mol. The molecule has 88 valence electrons. The van der Waals surface area contributed by atoms with Crippen LogP contribution in [-0.4, -0.2) is 9.97 Å². The summed E-state index contributed by atoms with van der Waals surface area (Å²) in [6.07, 6.45) is 1.09. The molecule has 2 aromatic rings. The predicted octanol–water partition coefficient (Wildman–Crippen LogP) is 2.97. The van der Waals surface area contributed by atoms with Gasteiger partial charge in [0.1, 0.15) is 5.03 Å². The van der Waals surface area contributed by atoms with Crippen molar-refractivity contribution >= 4 is 17.7 Å². The SMILES string of the molecule is Cc1ccc(Sc2nc(N)ncc2F)cc1C. The van der Waals surface area contributed by atoms with Gasteiger partial charge in [0.2, 0.25) is 5.95 Å². The van der Waals surface area contributed by atoms with Gasteiger partial charge in [0.15, 0.2) is 5.82 Å². The minimum atomic E-state index is -0.456. The maximum absolute atomic E-state index is 13.4. The number of halogens is 1. The van der Waals surface area contributed by atoms with Gasteiger partial charge in [-0.05, 0) is 37.1 Å². The van der Waals surface area contributed by atoms with Gasteiger partial charge >= 0.3 is 0 Å². The first kappa shape index (κ1) is 11.9. The van der Waals surface area contributed by atoms with Crippen LogP contribution in [-0.2, 0) is 0 Å². The van der Waals surface area contributed by atoms with E-state index in [1.54, 1.807) is 0 Å². The number of anilines is 1. The molecule has 0 aliphatic rings. The average Bonchev–Trinajstić information content (AvgIpc) is 2.29. The summed E-state index contributed by atoms with van der Waals surface area (Å²) in [6, 6.07) is 5.93. The maximum Gasteiger partial charge on any atom is 0.221 e. The second-order valence-electron chi connectivity index (χ2n) is 3.73. The molecule has 0 atom stereocenters. The zero-order valence-corrected chi connectivity index (χ0v) is 10.4. The number of aryl methyl sites for hydroxylation is 2. The smallest absolute Gasteiger partial charge is 0.221 e. The fourth-order valence-electron chi connectivity index (χ4n) is 1.32. The molecule has 5 heteroatoms. The normalized spacial score (nSPS) is 10.5. The Morgan fingerprint density at radius 2 is 2.00 bits per heavy atom. The van der Waals surface area contributed by atoms with E-state index in [2.05, 4.69) is 9.97 Å². The van der Waals surface area contributed by atoms with Crippen molar-refractivity contribution in [1.29, 1.82) is 0 Å². The molecule has 0 radical (unpaired) electrons. The van der Waals surface area contributed by atoms with Crippen LogP contribution in [0.15, 0.2) is 34.3 Å². The van der Waals surface area contributed by atoms with E-state index in [1.807, 2.05) is 32.0 Å². The lowest BCUT2D eigenvalue weighted by Gasteiger charge is -2.05. The number of rotatable bonds is 2. The van der Waals surface area contributed by atoms with E-state index in [-0.39, 0.29) is 11.0 Å². The maximum atomic E-state index is 13.4. The zero-order valence-electron chi connectivity index (χ0n) is 9.57. The first-order chi connectivity index (χ1) is 8.06. The summed E-state index contributed by atoms with van der Waals surface area (Å²) >= 11 is 1.25. The van der Waals surface area contributed by atoms with Crippen molar-refractivity contribution in [1.82, 2.24) is 9.97 Å². The largest absolute Gasteiger partial charge is 0.368 e. The highest BCUT2D eigenvalue weighted by Gasteiger charge is 2.08. The first-order valence-electron chi connectivity index (χ1n) is 5.09. The summed E-state index contributed by atoms with van der Waals surface area (Å²) < 4.78 is 13.4. The molecule has 0 unspecified atom stereocenters. The van der Waals surface area contributed by atoms with E-state index in [9.17, 15) is 4.39 Å². The Kier molecular flexibility index (Phi) is 3.28. The van der Waals surface area contributed by atoms with Gasteiger partial charge in [-0.25, -0.2) is 14.4 Å². The second kappa shape index (κ2) is 4.71. The molecule has 3 nitrogen and oxygen atoms in total. The highest BCUT2D eigenvalue weighted by Crippen LogP contribution is 2.29. The molecule has 0 saturated heterocycles. The molecule has 0 fully saturated rings. The van der Waals surface area contributed by atoms with Gasteiger partial charge in [0.05, 0.1) is 6.20 Å². The number of hydrogen-bond donors (Lipinski definition) is 1. The first-order valence-corrected chi connectivity index (χ1v) is 5.91. The Balaban J connectivity index is 2.31. The molecule has 0 bridgehead atoms. The van der Waals surface area contributed by atoms with Gasteiger partial charge in [-0.3, -0.25) is 0 Å². The van der Waals surface area contributed by atoms with Crippen LogP contribution in [0.1, 0.15) is 11.1 Å². The lowest BCUT2D eigenvalue weighted by Crippen LogP contribution is -1.97.